The number of nitrogens with zero attached hydrogens (tertiary/aromatic N) is 4. The van der Waals surface area contributed by atoms with Gasteiger partial charge in [-0.3, -0.25) is 9.69 Å². The molecule has 3 rings (SSSR count). The van der Waals surface area contributed by atoms with Crippen LogP contribution < -0.4 is 0 Å². The largest absolute Gasteiger partial charge is 0.477 e. The summed E-state index contributed by atoms with van der Waals surface area (Å²) in [6.45, 7) is 3.21. The maximum atomic E-state index is 12.9. The predicted octanol–water partition coefficient (Wildman–Crippen LogP) is 1.06. The minimum atomic E-state index is -1.10. The summed E-state index contributed by atoms with van der Waals surface area (Å²) < 4.78 is 14.1. The summed E-state index contributed by atoms with van der Waals surface area (Å²) in [6.07, 6.45) is 1.37. The molecule has 25 heavy (non-hydrogen) atoms. The average molecular weight is 346 g/mol. The number of halogens is 1. The van der Waals surface area contributed by atoms with Crippen molar-refractivity contribution in [3.05, 3.63) is 53.6 Å². The molecular formula is C17H19FN4O3. The molecule has 8 heteroatoms. The molecule has 0 bridgehead atoms. The van der Waals surface area contributed by atoms with E-state index in [4.69, 9.17) is 5.11 Å². The molecule has 7 nitrogen and oxygen atoms in total. The van der Waals surface area contributed by atoms with E-state index in [9.17, 15) is 14.0 Å². The van der Waals surface area contributed by atoms with Crippen molar-refractivity contribution >= 4 is 11.9 Å². The van der Waals surface area contributed by atoms with Crippen molar-refractivity contribution in [3.63, 3.8) is 0 Å². The molecule has 1 N–H and O–H groups in total. The van der Waals surface area contributed by atoms with Gasteiger partial charge in [-0.25, -0.2) is 13.9 Å². The van der Waals surface area contributed by atoms with Crippen molar-refractivity contribution in [1.29, 1.82) is 0 Å². The van der Waals surface area contributed by atoms with Crippen LogP contribution in [0.1, 0.15) is 16.1 Å². The molecule has 2 heterocycles. The quantitative estimate of drug-likeness (QED) is 0.876. The summed E-state index contributed by atoms with van der Waals surface area (Å²) in [5, 5.41) is 13.0. The Bertz CT molecular complexity index is 752. The van der Waals surface area contributed by atoms with Gasteiger partial charge in [0.1, 0.15) is 18.1 Å². The van der Waals surface area contributed by atoms with Gasteiger partial charge in [0.25, 0.3) is 0 Å². The minimum Gasteiger partial charge on any atom is -0.477 e. The maximum Gasteiger partial charge on any atom is 0.354 e. The number of carbonyl (C=O) groups excluding carboxylic acids is 1. The molecule has 1 aromatic carbocycles. The van der Waals surface area contributed by atoms with E-state index in [0.29, 0.717) is 32.7 Å². The van der Waals surface area contributed by atoms with Gasteiger partial charge in [0.2, 0.25) is 5.91 Å². The number of aromatic nitrogens is 2. The van der Waals surface area contributed by atoms with E-state index in [2.05, 4.69) is 10.00 Å². The van der Waals surface area contributed by atoms with Gasteiger partial charge >= 0.3 is 5.97 Å². The van der Waals surface area contributed by atoms with Gasteiger partial charge < -0.3 is 10.0 Å². The van der Waals surface area contributed by atoms with Crippen molar-refractivity contribution in [2.75, 3.05) is 26.2 Å². The second kappa shape index (κ2) is 7.43. The van der Waals surface area contributed by atoms with Gasteiger partial charge in [-0.15, -0.1) is 0 Å². The lowest BCUT2D eigenvalue weighted by Crippen LogP contribution is -2.49. The Balaban J connectivity index is 1.51. The first-order chi connectivity index (χ1) is 12.0. The van der Waals surface area contributed by atoms with Gasteiger partial charge in [0.05, 0.1) is 0 Å². The second-order valence-corrected chi connectivity index (χ2v) is 5.96. The van der Waals surface area contributed by atoms with E-state index in [0.717, 1.165) is 5.56 Å². The van der Waals surface area contributed by atoms with Crippen LogP contribution in [0.3, 0.4) is 0 Å². The lowest BCUT2D eigenvalue weighted by molar-refractivity contribution is -0.133. The monoisotopic (exact) mass is 346 g/mol. The topological polar surface area (TPSA) is 78.7 Å². The SMILES string of the molecule is O=C(O)c1ccnn1CC(=O)N1CCN(Cc2ccc(F)cc2)CC1. The second-order valence-electron chi connectivity index (χ2n) is 5.96. The number of carboxylic acid groups (broad SMARTS) is 1. The molecule has 1 fully saturated rings. The number of carbonyl (C=O) groups is 2. The van der Waals surface area contributed by atoms with Crippen molar-refractivity contribution in [1.82, 2.24) is 19.6 Å². The Labute approximate surface area is 144 Å². The zero-order valence-electron chi connectivity index (χ0n) is 13.6. The Morgan fingerprint density at radius 2 is 1.76 bits per heavy atom. The van der Waals surface area contributed by atoms with Gasteiger partial charge in [-0.2, -0.15) is 5.10 Å². The summed E-state index contributed by atoms with van der Waals surface area (Å²) in [6, 6.07) is 7.78. The predicted molar refractivity (Wildman–Crippen MR) is 87.4 cm³/mol. The van der Waals surface area contributed by atoms with E-state index in [-0.39, 0.29) is 24.0 Å². The fraction of sp³-hybridized carbons (Fsp3) is 0.353. The van der Waals surface area contributed by atoms with Gasteiger partial charge in [0, 0.05) is 38.9 Å². The first kappa shape index (κ1) is 17.1. The zero-order valence-corrected chi connectivity index (χ0v) is 13.6. The first-order valence-corrected chi connectivity index (χ1v) is 8.02. The Kier molecular flexibility index (Phi) is 5.08. The fourth-order valence-corrected chi connectivity index (χ4v) is 2.87. The lowest BCUT2D eigenvalue weighted by Gasteiger charge is -2.34. The molecule has 1 amide bonds. The number of aromatic carboxylic acids is 1. The van der Waals surface area contributed by atoms with Gasteiger partial charge in [0.15, 0.2) is 0 Å². The Morgan fingerprint density at radius 1 is 1.08 bits per heavy atom. The highest BCUT2D eigenvalue weighted by Gasteiger charge is 2.22. The standard InChI is InChI=1S/C17H19FN4O3/c18-14-3-1-13(2-4-14)11-20-7-9-21(10-8-20)16(23)12-22-15(17(24)25)5-6-19-22/h1-6H,7-12H2,(H,24,25). The van der Waals surface area contributed by atoms with E-state index in [1.807, 2.05) is 0 Å². The van der Waals surface area contributed by atoms with Crippen LogP contribution in [0, 0.1) is 5.82 Å². The number of benzene rings is 1. The number of rotatable bonds is 5. The summed E-state index contributed by atoms with van der Waals surface area (Å²) >= 11 is 0. The third-order valence-electron chi connectivity index (χ3n) is 4.27. The number of amides is 1. The highest BCUT2D eigenvalue weighted by Crippen LogP contribution is 2.10. The molecule has 1 aromatic heterocycles. The Hall–Kier alpha value is -2.74. The molecule has 0 unspecified atom stereocenters. The van der Waals surface area contributed by atoms with E-state index >= 15 is 0 Å². The van der Waals surface area contributed by atoms with Crippen molar-refractivity contribution in [3.8, 4) is 0 Å². The number of carboxylic acids is 1. The molecular weight excluding hydrogens is 327 g/mol. The van der Waals surface area contributed by atoms with Crippen LogP contribution in [-0.2, 0) is 17.9 Å². The summed E-state index contributed by atoms with van der Waals surface area (Å²) in [7, 11) is 0. The van der Waals surface area contributed by atoms with Crippen LogP contribution in [-0.4, -0.2) is 62.7 Å². The lowest BCUT2D eigenvalue weighted by atomic mass is 10.2. The van der Waals surface area contributed by atoms with Crippen LogP contribution >= 0.6 is 0 Å². The molecule has 1 aliphatic rings. The van der Waals surface area contributed by atoms with Crippen molar-refractivity contribution < 1.29 is 19.1 Å². The first-order valence-electron chi connectivity index (χ1n) is 8.02. The zero-order chi connectivity index (χ0) is 17.8. The summed E-state index contributed by atoms with van der Waals surface area (Å²) in [5.74, 6) is -1.50. The Morgan fingerprint density at radius 3 is 2.40 bits per heavy atom. The smallest absolute Gasteiger partial charge is 0.354 e. The molecule has 0 atom stereocenters. The molecule has 0 radical (unpaired) electrons. The van der Waals surface area contributed by atoms with Crippen LogP contribution in [0.5, 0.6) is 0 Å². The normalized spacial score (nSPS) is 15.3. The van der Waals surface area contributed by atoms with E-state index < -0.39 is 5.97 Å². The maximum absolute atomic E-state index is 12.9. The molecule has 0 spiro atoms. The highest BCUT2D eigenvalue weighted by atomic mass is 19.1. The van der Waals surface area contributed by atoms with Crippen LogP contribution in [0.25, 0.3) is 0 Å². The van der Waals surface area contributed by atoms with Crippen LogP contribution in [0.2, 0.25) is 0 Å². The summed E-state index contributed by atoms with van der Waals surface area (Å²) in [4.78, 5) is 27.3. The number of hydrogen-bond donors (Lipinski definition) is 1. The highest BCUT2D eigenvalue weighted by molar-refractivity contribution is 5.86. The van der Waals surface area contributed by atoms with E-state index in [1.54, 1.807) is 17.0 Å². The molecule has 2 aromatic rings. The average Bonchev–Trinajstić information content (AvgIpc) is 3.06. The third kappa shape index (κ3) is 4.21. The van der Waals surface area contributed by atoms with Crippen LogP contribution in [0.4, 0.5) is 4.39 Å². The fourth-order valence-electron chi connectivity index (χ4n) is 2.87. The molecule has 132 valence electrons. The van der Waals surface area contributed by atoms with Crippen molar-refractivity contribution in [2.24, 2.45) is 0 Å². The molecule has 1 saturated heterocycles. The van der Waals surface area contributed by atoms with Crippen LogP contribution in [0.15, 0.2) is 36.5 Å². The third-order valence-corrected chi connectivity index (χ3v) is 4.27. The minimum absolute atomic E-state index is 0.00305. The summed E-state index contributed by atoms with van der Waals surface area (Å²) in [5.41, 5.74) is 1.03. The molecule has 1 aliphatic heterocycles. The molecule has 0 saturated carbocycles. The van der Waals surface area contributed by atoms with Crippen molar-refractivity contribution in [2.45, 2.75) is 13.1 Å². The molecule has 0 aliphatic carbocycles. The number of piperazine rings is 1. The van der Waals surface area contributed by atoms with Gasteiger partial charge in [-0.05, 0) is 23.8 Å². The number of hydrogen-bond acceptors (Lipinski definition) is 4. The van der Waals surface area contributed by atoms with Gasteiger partial charge in [-0.1, -0.05) is 12.1 Å². The van der Waals surface area contributed by atoms with E-state index in [1.165, 1.54) is 29.1 Å².